The van der Waals surface area contributed by atoms with E-state index in [4.69, 9.17) is 10.8 Å². The van der Waals surface area contributed by atoms with Crippen LogP contribution in [0.2, 0.25) is 0 Å². The number of hydrogen-bond donors (Lipinski definition) is 2. The Morgan fingerprint density at radius 1 is 1.35 bits per heavy atom. The number of benzene rings is 1. The number of aliphatic hydroxyl groups is 1. The van der Waals surface area contributed by atoms with Gasteiger partial charge in [-0.25, -0.2) is 0 Å². The highest BCUT2D eigenvalue weighted by Gasteiger charge is 2.14. The van der Waals surface area contributed by atoms with Gasteiger partial charge in [-0.15, -0.1) is 0 Å². The standard InChI is InChI=1S/C13H15BrN2O/c14-12-4-3-10(9(8-15)5-7-17)13-11(12)2-1-6-16-13/h1-4,6,9,17H,5,7-8,15H2. The van der Waals surface area contributed by atoms with Crippen LogP contribution >= 0.6 is 15.9 Å². The van der Waals surface area contributed by atoms with Crippen molar-refractivity contribution in [3.8, 4) is 0 Å². The van der Waals surface area contributed by atoms with E-state index >= 15 is 0 Å². The Kier molecular flexibility index (Phi) is 4.10. The third-order valence-corrected chi connectivity index (χ3v) is 3.64. The fourth-order valence-corrected chi connectivity index (χ4v) is 2.50. The number of pyridine rings is 1. The second-order valence-corrected chi connectivity index (χ2v) is 4.84. The molecule has 1 aromatic heterocycles. The van der Waals surface area contributed by atoms with Crippen LogP contribution in [-0.4, -0.2) is 23.2 Å². The van der Waals surface area contributed by atoms with Gasteiger partial charge in [0.2, 0.25) is 0 Å². The Morgan fingerprint density at radius 3 is 2.88 bits per heavy atom. The topological polar surface area (TPSA) is 59.1 Å². The number of nitrogens with zero attached hydrogens (tertiary/aromatic N) is 1. The molecule has 3 N–H and O–H groups in total. The smallest absolute Gasteiger partial charge is 0.0748 e. The zero-order chi connectivity index (χ0) is 12.3. The molecule has 0 aliphatic carbocycles. The molecule has 0 fully saturated rings. The molecule has 0 saturated carbocycles. The summed E-state index contributed by atoms with van der Waals surface area (Å²) in [4.78, 5) is 4.43. The van der Waals surface area contributed by atoms with E-state index in [1.165, 1.54) is 0 Å². The largest absolute Gasteiger partial charge is 0.396 e. The van der Waals surface area contributed by atoms with E-state index in [0.29, 0.717) is 13.0 Å². The van der Waals surface area contributed by atoms with Gasteiger partial charge in [0.1, 0.15) is 0 Å². The zero-order valence-corrected chi connectivity index (χ0v) is 11.0. The molecule has 2 aromatic rings. The first-order valence-corrected chi connectivity index (χ1v) is 6.41. The zero-order valence-electron chi connectivity index (χ0n) is 9.44. The Labute approximate surface area is 109 Å². The first-order valence-electron chi connectivity index (χ1n) is 5.62. The van der Waals surface area contributed by atoms with Crippen molar-refractivity contribution in [3.63, 3.8) is 0 Å². The van der Waals surface area contributed by atoms with Crippen molar-refractivity contribution in [2.75, 3.05) is 13.2 Å². The number of fused-ring (bicyclic) bond motifs is 1. The van der Waals surface area contributed by atoms with Gasteiger partial charge in [-0.05, 0) is 30.7 Å². The van der Waals surface area contributed by atoms with Gasteiger partial charge in [0.15, 0.2) is 0 Å². The highest BCUT2D eigenvalue weighted by Crippen LogP contribution is 2.30. The summed E-state index contributed by atoms with van der Waals surface area (Å²) in [5, 5.41) is 10.2. The van der Waals surface area contributed by atoms with Crippen LogP contribution in [0.5, 0.6) is 0 Å². The van der Waals surface area contributed by atoms with Gasteiger partial charge in [-0.2, -0.15) is 0 Å². The fourth-order valence-electron chi connectivity index (χ4n) is 2.05. The summed E-state index contributed by atoms with van der Waals surface area (Å²) >= 11 is 3.52. The van der Waals surface area contributed by atoms with E-state index in [1.807, 2.05) is 24.3 Å². The maximum atomic E-state index is 9.07. The number of halogens is 1. The maximum absolute atomic E-state index is 9.07. The predicted molar refractivity (Wildman–Crippen MR) is 72.9 cm³/mol. The van der Waals surface area contributed by atoms with Crippen molar-refractivity contribution in [2.45, 2.75) is 12.3 Å². The molecule has 1 heterocycles. The Balaban J connectivity index is 2.57. The van der Waals surface area contributed by atoms with E-state index in [1.54, 1.807) is 6.20 Å². The van der Waals surface area contributed by atoms with E-state index in [9.17, 15) is 0 Å². The Morgan fingerprint density at radius 2 is 2.18 bits per heavy atom. The minimum absolute atomic E-state index is 0.145. The van der Waals surface area contributed by atoms with Gasteiger partial charge in [0.25, 0.3) is 0 Å². The van der Waals surface area contributed by atoms with Crippen LogP contribution in [0, 0.1) is 0 Å². The third-order valence-electron chi connectivity index (χ3n) is 2.95. The highest BCUT2D eigenvalue weighted by atomic mass is 79.9. The molecule has 0 aliphatic rings. The van der Waals surface area contributed by atoms with Crippen molar-refractivity contribution in [1.82, 2.24) is 4.98 Å². The first kappa shape index (κ1) is 12.5. The van der Waals surface area contributed by atoms with Crippen LogP contribution in [0.15, 0.2) is 34.9 Å². The quantitative estimate of drug-likeness (QED) is 0.910. The van der Waals surface area contributed by atoms with Crippen LogP contribution in [0.25, 0.3) is 10.9 Å². The SMILES string of the molecule is NCC(CCO)c1ccc(Br)c2cccnc12. The van der Waals surface area contributed by atoms with Gasteiger partial charge in [0.05, 0.1) is 5.52 Å². The molecule has 4 heteroatoms. The molecule has 0 aliphatic heterocycles. The fraction of sp³-hybridized carbons (Fsp3) is 0.308. The summed E-state index contributed by atoms with van der Waals surface area (Å²) in [5.41, 5.74) is 7.84. The molecular formula is C13H15BrN2O. The van der Waals surface area contributed by atoms with Crippen LogP contribution in [0.1, 0.15) is 17.9 Å². The van der Waals surface area contributed by atoms with Crippen molar-refractivity contribution in [3.05, 3.63) is 40.5 Å². The second-order valence-electron chi connectivity index (χ2n) is 3.98. The van der Waals surface area contributed by atoms with Gasteiger partial charge in [-0.1, -0.05) is 28.1 Å². The average Bonchev–Trinajstić information content (AvgIpc) is 2.37. The average molecular weight is 295 g/mol. The van der Waals surface area contributed by atoms with E-state index in [0.717, 1.165) is 20.9 Å². The minimum atomic E-state index is 0.145. The lowest BCUT2D eigenvalue weighted by Gasteiger charge is -2.16. The number of aromatic nitrogens is 1. The molecule has 0 bridgehead atoms. The molecule has 3 nitrogen and oxygen atoms in total. The molecular weight excluding hydrogens is 280 g/mol. The number of aliphatic hydroxyl groups excluding tert-OH is 1. The second kappa shape index (κ2) is 5.58. The van der Waals surface area contributed by atoms with Gasteiger partial charge in [-0.3, -0.25) is 4.98 Å². The van der Waals surface area contributed by atoms with Crippen molar-refractivity contribution in [1.29, 1.82) is 0 Å². The molecule has 0 spiro atoms. The summed E-state index contributed by atoms with van der Waals surface area (Å²) in [7, 11) is 0. The van der Waals surface area contributed by atoms with Crippen molar-refractivity contribution in [2.24, 2.45) is 5.73 Å². The summed E-state index contributed by atoms with van der Waals surface area (Å²) in [6, 6.07) is 7.99. The van der Waals surface area contributed by atoms with E-state index in [-0.39, 0.29) is 12.5 Å². The van der Waals surface area contributed by atoms with E-state index < -0.39 is 0 Å². The Bertz CT molecular complexity index is 516. The van der Waals surface area contributed by atoms with Crippen LogP contribution in [-0.2, 0) is 0 Å². The molecule has 17 heavy (non-hydrogen) atoms. The van der Waals surface area contributed by atoms with Crippen LogP contribution in [0.4, 0.5) is 0 Å². The summed E-state index contributed by atoms with van der Waals surface area (Å²) < 4.78 is 1.03. The first-order chi connectivity index (χ1) is 8.27. The molecule has 1 atom stereocenters. The molecule has 0 saturated heterocycles. The molecule has 2 rings (SSSR count). The lowest BCUT2D eigenvalue weighted by Crippen LogP contribution is -2.14. The van der Waals surface area contributed by atoms with Crippen LogP contribution in [0.3, 0.4) is 0 Å². The lowest BCUT2D eigenvalue weighted by molar-refractivity contribution is 0.276. The third kappa shape index (κ3) is 2.49. The Hall–Kier alpha value is -0.970. The number of nitrogens with two attached hydrogens (primary N) is 1. The molecule has 0 amide bonds. The van der Waals surface area contributed by atoms with Gasteiger partial charge < -0.3 is 10.8 Å². The number of hydrogen-bond acceptors (Lipinski definition) is 3. The molecule has 90 valence electrons. The molecule has 1 aromatic carbocycles. The van der Waals surface area contributed by atoms with E-state index in [2.05, 4.69) is 20.9 Å². The maximum Gasteiger partial charge on any atom is 0.0748 e. The molecule has 1 unspecified atom stereocenters. The lowest BCUT2D eigenvalue weighted by atomic mass is 9.94. The van der Waals surface area contributed by atoms with Crippen molar-refractivity contribution < 1.29 is 5.11 Å². The summed E-state index contributed by atoms with van der Waals surface area (Å²) in [6.45, 7) is 0.667. The normalized spacial score (nSPS) is 12.9. The molecule has 0 radical (unpaired) electrons. The number of rotatable bonds is 4. The monoisotopic (exact) mass is 294 g/mol. The highest BCUT2D eigenvalue weighted by molar-refractivity contribution is 9.10. The summed E-state index contributed by atoms with van der Waals surface area (Å²) in [6.07, 6.45) is 2.45. The van der Waals surface area contributed by atoms with Gasteiger partial charge in [0, 0.05) is 28.6 Å². The predicted octanol–water partition coefficient (Wildman–Crippen LogP) is 2.42. The van der Waals surface area contributed by atoms with Gasteiger partial charge >= 0.3 is 0 Å². The van der Waals surface area contributed by atoms with Crippen molar-refractivity contribution >= 4 is 26.8 Å². The van der Waals surface area contributed by atoms with Crippen LogP contribution < -0.4 is 5.73 Å². The minimum Gasteiger partial charge on any atom is -0.396 e. The summed E-state index contributed by atoms with van der Waals surface area (Å²) in [5.74, 6) is 0.158.